The van der Waals surface area contributed by atoms with Gasteiger partial charge in [-0.1, -0.05) is 26.0 Å². The number of amides is 2. The number of carbonyl (C=O) groups excluding carboxylic acids is 2. The van der Waals surface area contributed by atoms with Gasteiger partial charge in [-0.05, 0) is 59.1 Å². The van der Waals surface area contributed by atoms with E-state index in [0.29, 0.717) is 36.0 Å². The molecule has 0 aliphatic carbocycles. The highest BCUT2D eigenvalue weighted by molar-refractivity contribution is 7.44. The number of H-pyrrole nitrogens is 1. The number of rotatable bonds is 15. The standard InChI is InChI=1S/C32H44N5O7P/c1-7-22-27(43-26(8-2)28(22)44-45(42-18-11-15-33)37(20(3)4)21(5)6)25-19-35(32(41)34-29(25)38)16-12-17-36-30(39)23-13-9-10-14-24(23)31(36)40/h9-10,13-14,19-22,26-28H,7-8,11-12,16-18H2,1-6H3,(H,34,38,41). The van der Waals surface area contributed by atoms with Crippen LogP contribution in [0.5, 0.6) is 0 Å². The first kappa shape index (κ1) is 34.7. The number of carbonyl (C=O) groups is 2. The number of nitriles is 1. The van der Waals surface area contributed by atoms with Crippen LogP contribution in [0.25, 0.3) is 0 Å². The molecule has 4 rings (SSSR count). The number of aryl methyl sites for hydroxylation is 1. The predicted molar refractivity (Wildman–Crippen MR) is 170 cm³/mol. The Labute approximate surface area is 265 Å². The minimum Gasteiger partial charge on any atom is -0.367 e. The molecule has 3 heterocycles. The fraction of sp³-hybridized carbons (Fsp3) is 0.594. The molecule has 1 fully saturated rings. The number of fused-ring (bicyclic) bond motifs is 1. The van der Waals surface area contributed by atoms with E-state index in [9.17, 15) is 19.2 Å². The topological polar surface area (TPSA) is 147 Å². The Balaban J connectivity index is 1.54. The van der Waals surface area contributed by atoms with Crippen LogP contribution in [0.2, 0.25) is 0 Å². The summed E-state index contributed by atoms with van der Waals surface area (Å²) >= 11 is 0. The Kier molecular flexibility index (Phi) is 11.9. The summed E-state index contributed by atoms with van der Waals surface area (Å²) in [5, 5.41) is 9.09. The lowest BCUT2D eigenvalue weighted by molar-refractivity contribution is 0.00848. The van der Waals surface area contributed by atoms with E-state index in [1.807, 2.05) is 13.8 Å². The number of nitrogens with one attached hydrogen (secondary N) is 1. The minimum atomic E-state index is -1.53. The molecule has 1 aromatic heterocycles. The van der Waals surface area contributed by atoms with E-state index in [0.717, 1.165) is 0 Å². The van der Waals surface area contributed by atoms with Gasteiger partial charge in [-0.15, -0.1) is 0 Å². The van der Waals surface area contributed by atoms with Gasteiger partial charge in [0.25, 0.3) is 25.9 Å². The zero-order chi connectivity index (χ0) is 32.8. The molecule has 13 heteroatoms. The van der Waals surface area contributed by atoms with Gasteiger partial charge in [0.1, 0.15) is 0 Å². The van der Waals surface area contributed by atoms with Crippen LogP contribution in [0.1, 0.15) is 99.6 Å². The van der Waals surface area contributed by atoms with Crippen molar-refractivity contribution in [3.63, 3.8) is 0 Å². The second-order valence-corrected chi connectivity index (χ2v) is 13.3. The molecule has 2 aliphatic rings. The molecule has 244 valence electrons. The molecule has 5 atom stereocenters. The van der Waals surface area contributed by atoms with E-state index in [1.54, 1.807) is 24.3 Å². The van der Waals surface area contributed by atoms with Gasteiger partial charge >= 0.3 is 5.69 Å². The van der Waals surface area contributed by atoms with Crippen molar-refractivity contribution < 1.29 is 23.4 Å². The molecule has 0 radical (unpaired) electrons. The van der Waals surface area contributed by atoms with Crippen LogP contribution in [-0.4, -0.2) is 68.4 Å². The Hall–Kier alpha value is -3.20. The van der Waals surface area contributed by atoms with Crippen LogP contribution >= 0.6 is 8.53 Å². The van der Waals surface area contributed by atoms with Crippen LogP contribution in [0.15, 0.2) is 40.1 Å². The van der Waals surface area contributed by atoms with Crippen LogP contribution < -0.4 is 11.2 Å². The van der Waals surface area contributed by atoms with Crippen molar-refractivity contribution in [3.05, 3.63) is 68.0 Å². The zero-order valence-electron chi connectivity index (χ0n) is 26.9. The molecule has 2 amide bonds. The highest BCUT2D eigenvalue weighted by Gasteiger charge is 2.47. The Morgan fingerprint density at radius 2 is 1.67 bits per heavy atom. The van der Waals surface area contributed by atoms with Crippen molar-refractivity contribution in [2.24, 2.45) is 5.92 Å². The van der Waals surface area contributed by atoms with E-state index in [-0.39, 0.29) is 68.1 Å². The molecular weight excluding hydrogens is 597 g/mol. The third-order valence-electron chi connectivity index (χ3n) is 8.25. The summed E-state index contributed by atoms with van der Waals surface area (Å²) in [6.07, 6.45) is 2.06. The summed E-state index contributed by atoms with van der Waals surface area (Å²) in [6, 6.07) is 9.08. The molecule has 12 nitrogen and oxygen atoms in total. The average Bonchev–Trinajstić information content (AvgIpc) is 3.47. The Morgan fingerprint density at radius 1 is 1.02 bits per heavy atom. The van der Waals surface area contributed by atoms with Crippen molar-refractivity contribution in [2.45, 2.75) is 104 Å². The van der Waals surface area contributed by atoms with Gasteiger partial charge < -0.3 is 18.4 Å². The molecular formula is C32H44N5O7P. The first-order chi connectivity index (χ1) is 21.5. The van der Waals surface area contributed by atoms with Crippen LogP contribution in [0.3, 0.4) is 0 Å². The number of aromatic nitrogens is 2. The number of hydrogen-bond acceptors (Lipinski definition) is 9. The lowest BCUT2D eigenvalue weighted by atomic mass is 9.90. The van der Waals surface area contributed by atoms with Crippen molar-refractivity contribution in [1.82, 2.24) is 19.1 Å². The van der Waals surface area contributed by atoms with Gasteiger partial charge in [0.2, 0.25) is 0 Å². The fourth-order valence-electron chi connectivity index (χ4n) is 6.17. The van der Waals surface area contributed by atoms with Crippen LogP contribution in [0, 0.1) is 17.2 Å². The maximum absolute atomic E-state index is 13.2. The zero-order valence-corrected chi connectivity index (χ0v) is 27.8. The summed E-state index contributed by atoms with van der Waals surface area (Å²) in [5.41, 5.74) is -0.0152. The van der Waals surface area contributed by atoms with E-state index in [2.05, 4.69) is 43.4 Å². The smallest absolute Gasteiger partial charge is 0.328 e. The van der Waals surface area contributed by atoms with Crippen molar-refractivity contribution in [3.8, 4) is 6.07 Å². The SMILES string of the molecule is CCC1OC(c2cn(CCCN3C(=O)c4ccccc4C3=O)c(=O)[nH]c2=O)C(CC)C1OP(OCCC#N)N(C(C)C)C(C)C. The number of ether oxygens (including phenoxy) is 1. The summed E-state index contributed by atoms with van der Waals surface area (Å²) in [7, 11) is -1.53. The largest absolute Gasteiger partial charge is 0.367 e. The molecule has 0 spiro atoms. The monoisotopic (exact) mass is 641 g/mol. The molecule has 2 aliphatic heterocycles. The molecule has 1 aromatic carbocycles. The number of aromatic amines is 1. The summed E-state index contributed by atoms with van der Waals surface area (Å²) in [6.45, 7) is 12.9. The van der Waals surface area contributed by atoms with E-state index in [4.69, 9.17) is 19.0 Å². The van der Waals surface area contributed by atoms with E-state index >= 15 is 0 Å². The van der Waals surface area contributed by atoms with Gasteiger partial charge in [0.05, 0.1) is 54.1 Å². The van der Waals surface area contributed by atoms with Gasteiger partial charge in [-0.2, -0.15) is 5.26 Å². The third kappa shape index (κ3) is 7.45. The van der Waals surface area contributed by atoms with E-state index in [1.165, 1.54) is 15.7 Å². The third-order valence-corrected chi connectivity index (χ3v) is 10.4. The molecule has 1 N–H and O–H groups in total. The second kappa shape index (κ2) is 15.4. The first-order valence-corrected chi connectivity index (χ1v) is 16.9. The lowest BCUT2D eigenvalue weighted by Crippen LogP contribution is -2.37. The summed E-state index contributed by atoms with van der Waals surface area (Å²) < 4.78 is 23.0. The van der Waals surface area contributed by atoms with Gasteiger partial charge in [0, 0.05) is 37.3 Å². The normalized spacial score (nSPS) is 22.1. The molecule has 2 aromatic rings. The number of imide groups is 1. The van der Waals surface area contributed by atoms with Crippen LogP contribution in [0.4, 0.5) is 0 Å². The minimum absolute atomic E-state index is 0.128. The number of hydrogen-bond donors (Lipinski definition) is 1. The highest BCUT2D eigenvalue weighted by atomic mass is 31.2. The van der Waals surface area contributed by atoms with Crippen molar-refractivity contribution >= 4 is 20.3 Å². The maximum Gasteiger partial charge on any atom is 0.328 e. The number of benzene rings is 1. The van der Waals surface area contributed by atoms with Gasteiger partial charge in [0.15, 0.2) is 0 Å². The molecule has 0 bridgehead atoms. The first-order valence-electron chi connectivity index (χ1n) is 15.7. The molecule has 0 saturated carbocycles. The fourth-order valence-corrected chi connectivity index (χ4v) is 7.98. The Bertz CT molecular complexity index is 1470. The molecule has 5 unspecified atom stereocenters. The number of nitrogens with zero attached hydrogens (tertiary/aromatic N) is 4. The van der Waals surface area contributed by atoms with Crippen molar-refractivity contribution in [1.29, 1.82) is 5.26 Å². The van der Waals surface area contributed by atoms with E-state index < -0.39 is 25.9 Å². The van der Waals surface area contributed by atoms with Gasteiger partial charge in [-0.3, -0.25) is 24.3 Å². The summed E-state index contributed by atoms with van der Waals surface area (Å²) in [5.74, 6) is -0.903. The Morgan fingerprint density at radius 3 is 2.22 bits per heavy atom. The average molecular weight is 642 g/mol. The highest BCUT2D eigenvalue weighted by Crippen LogP contribution is 2.52. The maximum atomic E-state index is 13.2. The quantitative estimate of drug-likeness (QED) is 0.165. The second-order valence-electron chi connectivity index (χ2n) is 11.9. The lowest BCUT2D eigenvalue weighted by Gasteiger charge is -2.38. The molecule has 1 saturated heterocycles. The predicted octanol–water partition coefficient (Wildman–Crippen LogP) is 4.76. The summed E-state index contributed by atoms with van der Waals surface area (Å²) in [4.78, 5) is 55.1. The molecule has 45 heavy (non-hydrogen) atoms. The van der Waals surface area contributed by atoms with Crippen LogP contribution in [-0.2, 0) is 20.3 Å². The van der Waals surface area contributed by atoms with Gasteiger partial charge in [-0.25, -0.2) is 9.46 Å². The van der Waals surface area contributed by atoms with Crippen molar-refractivity contribution in [2.75, 3.05) is 13.2 Å².